The Hall–Kier alpha value is -2.54. The van der Waals surface area contributed by atoms with Crippen LogP contribution in [0.25, 0.3) is 0 Å². The van der Waals surface area contributed by atoms with Gasteiger partial charge in [-0.2, -0.15) is 0 Å². The molecule has 0 aliphatic carbocycles. The molecule has 0 spiro atoms. The van der Waals surface area contributed by atoms with Crippen molar-refractivity contribution in [2.75, 3.05) is 11.9 Å². The van der Waals surface area contributed by atoms with E-state index in [1.54, 1.807) is 42.6 Å². The predicted molar refractivity (Wildman–Crippen MR) is 91.6 cm³/mol. The molecule has 0 bridgehead atoms. The molecule has 1 aromatic carbocycles. The van der Waals surface area contributed by atoms with E-state index in [1.807, 2.05) is 0 Å². The first kappa shape index (κ1) is 16.3. The number of aromatic nitrogens is 1. The second-order valence-electron chi connectivity index (χ2n) is 5.32. The van der Waals surface area contributed by atoms with Crippen molar-refractivity contribution < 1.29 is 14.4 Å². The molecule has 0 fully saturated rings. The summed E-state index contributed by atoms with van der Waals surface area (Å²) in [7, 11) is 0. The summed E-state index contributed by atoms with van der Waals surface area (Å²) < 4.78 is 0.749. The number of hydrogen-bond acceptors (Lipinski definition) is 4. The number of anilines is 1. The van der Waals surface area contributed by atoms with Crippen LogP contribution in [-0.2, 0) is 4.79 Å². The smallest absolute Gasteiger partial charge is 0.261 e. The molecule has 0 unspecified atom stereocenters. The zero-order valence-electron chi connectivity index (χ0n) is 12.7. The molecule has 2 heterocycles. The summed E-state index contributed by atoms with van der Waals surface area (Å²) in [5, 5.41) is 2.67. The molecule has 3 rings (SSSR count). The zero-order chi connectivity index (χ0) is 17.1. The maximum atomic E-state index is 12.3. The third-order valence-electron chi connectivity index (χ3n) is 3.65. The van der Waals surface area contributed by atoms with Crippen molar-refractivity contribution in [1.29, 1.82) is 0 Å². The number of nitrogens with one attached hydrogen (secondary N) is 1. The van der Waals surface area contributed by atoms with Gasteiger partial charge in [0.15, 0.2) is 0 Å². The molecule has 1 aliphatic rings. The van der Waals surface area contributed by atoms with E-state index in [-0.39, 0.29) is 30.7 Å². The van der Waals surface area contributed by atoms with E-state index in [1.165, 1.54) is 4.90 Å². The van der Waals surface area contributed by atoms with Crippen LogP contribution in [0.5, 0.6) is 0 Å². The molecule has 7 heteroatoms. The van der Waals surface area contributed by atoms with Gasteiger partial charge in [0.25, 0.3) is 11.8 Å². The highest BCUT2D eigenvalue weighted by Gasteiger charge is 2.35. The Morgan fingerprint density at radius 3 is 2.67 bits per heavy atom. The molecule has 1 aliphatic heterocycles. The van der Waals surface area contributed by atoms with Crippen molar-refractivity contribution in [3.05, 3.63) is 58.2 Å². The Balaban J connectivity index is 1.55. The van der Waals surface area contributed by atoms with E-state index in [9.17, 15) is 14.4 Å². The number of carbonyl (C=O) groups excluding carboxylic acids is 3. The number of hydrogen-bond donors (Lipinski definition) is 1. The average Bonchev–Trinajstić information content (AvgIpc) is 2.80. The van der Waals surface area contributed by atoms with Gasteiger partial charge in [-0.3, -0.25) is 19.3 Å². The number of benzene rings is 1. The second-order valence-corrected chi connectivity index (χ2v) is 6.23. The Bertz CT molecular complexity index is 808. The van der Waals surface area contributed by atoms with Gasteiger partial charge >= 0.3 is 0 Å². The summed E-state index contributed by atoms with van der Waals surface area (Å²) in [4.78, 5) is 41.6. The molecular weight excluding hydrogens is 374 g/mol. The first-order chi connectivity index (χ1) is 11.6. The van der Waals surface area contributed by atoms with Crippen molar-refractivity contribution in [2.24, 2.45) is 0 Å². The van der Waals surface area contributed by atoms with Gasteiger partial charge in [0, 0.05) is 23.6 Å². The summed E-state index contributed by atoms with van der Waals surface area (Å²) in [6, 6.07) is 10.2. The van der Waals surface area contributed by atoms with Gasteiger partial charge in [-0.25, -0.2) is 4.98 Å². The summed E-state index contributed by atoms with van der Waals surface area (Å²) in [6.07, 6.45) is 2.19. The zero-order valence-corrected chi connectivity index (χ0v) is 14.2. The number of nitrogens with zero attached hydrogens (tertiary/aromatic N) is 2. The average molecular weight is 388 g/mol. The lowest BCUT2D eigenvalue weighted by molar-refractivity contribution is -0.116. The molecule has 1 aromatic heterocycles. The topological polar surface area (TPSA) is 79.4 Å². The Morgan fingerprint density at radius 2 is 1.92 bits per heavy atom. The van der Waals surface area contributed by atoms with Crippen LogP contribution in [0.3, 0.4) is 0 Å². The van der Waals surface area contributed by atoms with E-state index in [0.717, 1.165) is 4.47 Å². The monoisotopic (exact) mass is 387 g/mol. The number of fused-ring (bicyclic) bond motifs is 1. The van der Waals surface area contributed by atoms with Crippen molar-refractivity contribution in [3.63, 3.8) is 0 Å². The normalized spacial score (nSPS) is 13.1. The number of rotatable bonds is 5. The number of halogens is 1. The van der Waals surface area contributed by atoms with Crippen LogP contribution < -0.4 is 5.32 Å². The fourth-order valence-electron chi connectivity index (χ4n) is 2.51. The van der Waals surface area contributed by atoms with E-state index in [2.05, 4.69) is 26.2 Å². The molecule has 6 nitrogen and oxygen atoms in total. The largest absolute Gasteiger partial charge is 0.311 e. The van der Waals surface area contributed by atoms with Crippen LogP contribution in [0.4, 0.5) is 5.82 Å². The standard InChI is InChI=1S/C17H14BrN3O3/c18-11-6-7-12-13(10-11)17(24)21(16(12)23)9-3-5-15(22)20-14-4-1-2-8-19-14/h1-2,4,6-8,10H,3,5,9H2,(H,19,20,22). The van der Waals surface area contributed by atoms with E-state index in [0.29, 0.717) is 23.4 Å². The van der Waals surface area contributed by atoms with Gasteiger partial charge in [-0.15, -0.1) is 0 Å². The van der Waals surface area contributed by atoms with Gasteiger partial charge in [0.05, 0.1) is 11.1 Å². The first-order valence-electron chi connectivity index (χ1n) is 7.43. The molecule has 0 atom stereocenters. The first-order valence-corrected chi connectivity index (χ1v) is 8.22. The highest BCUT2D eigenvalue weighted by Crippen LogP contribution is 2.26. The Morgan fingerprint density at radius 1 is 1.12 bits per heavy atom. The van der Waals surface area contributed by atoms with Crippen molar-refractivity contribution in [2.45, 2.75) is 12.8 Å². The van der Waals surface area contributed by atoms with Gasteiger partial charge < -0.3 is 5.32 Å². The maximum absolute atomic E-state index is 12.3. The van der Waals surface area contributed by atoms with Crippen LogP contribution in [0.15, 0.2) is 47.1 Å². The lowest BCUT2D eigenvalue weighted by atomic mass is 10.1. The minimum atomic E-state index is -0.318. The number of amides is 3. The van der Waals surface area contributed by atoms with Crippen molar-refractivity contribution in [3.8, 4) is 0 Å². The number of imide groups is 1. The van der Waals surface area contributed by atoms with E-state index < -0.39 is 0 Å². The fraction of sp³-hybridized carbons (Fsp3) is 0.176. The molecule has 0 saturated carbocycles. The predicted octanol–water partition coefficient (Wildman–Crippen LogP) is 2.86. The minimum absolute atomic E-state index is 0.201. The highest BCUT2D eigenvalue weighted by molar-refractivity contribution is 9.10. The van der Waals surface area contributed by atoms with E-state index in [4.69, 9.17) is 0 Å². The van der Waals surface area contributed by atoms with Crippen LogP contribution in [0.1, 0.15) is 33.6 Å². The van der Waals surface area contributed by atoms with Gasteiger partial charge in [0.1, 0.15) is 5.82 Å². The minimum Gasteiger partial charge on any atom is -0.311 e. The third kappa shape index (κ3) is 3.35. The molecule has 3 amide bonds. The van der Waals surface area contributed by atoms with Crippen LogP contribution in [-0.4, -0.2) is 34.2 Å². The molecule has 1 N–H and O–H groups in total. The highest BCUT2D eigenvalue weighted by atomic mass is 79.9. The summed E-state index contributed by atoms with van der Waals surface area (Å²) in [6.45, 7) is 0.208. The quantitative estimate of drug-likeness (QED) is 0.799. The molecular formula is C17H14BrN3O3. The Labute approximate surface area is 147 Å². The van der Waals surface area contributed by atoms with Crippen LogP contribution >= 0.6 is 15.9 Å². The van der Waals surface area contributed by atoms with Crippen molar-refractivity contribution in [1.82, 2.24) is 9.88 Å². The lowest BCUT2D eigenvalue weighted by Gasteiger charge is -2.13. The number of pyridine rings is 1. The summed E-state index contributed by atoms with van der Waals surface area (Å²) in [5.74, 6) is -0.352. The van der Waals surface area contributed by atoms with E-state index >= 15 is 0 Å². The molecule has 24 heavy (non-hydrogen) atoms. The maximum Gasteiger partial charge on any atom is 0.261 e. The van der Waals surface area contributed by atoms with Crippen LogP contribution in [0.2, 0.25) is 0 Å². The molecule has 2 aromatic rings. The Kier molecular flexibility index (Phi) is 4.71. The van der Waals surface area contributed by atoms with Gasteiger partial charge in [-0.1, -0.05) is 22.0 Å². The van der Waals surface area contributed by atoms with Crippen LogP contribution in [0, 0.1) is 0 Å². The summed E-state index contributed by atoms with van der Waals surface area (Å²) in [5.41, 5.74) is 0.799. The SMILES string of the molecule is O=C(CCCN1C(=O)c2ccc(Br)cc2C1=O)Nc1ccccn1. The molecule has 0 radical (unpaired) electrons. The lowest BCUT2D eigenvalue weighted by Crippen LogP contribution is -2.31. The fourth-order valence-corrected chi connectivity index (χ4v) is 2.87. The van der Waals surface area contributed by atoms with Gasteiger partial charge in [-0.05, 0) is 36.8 Å². The number of carbonyl (C=O) groups is 3. The summed E-state index contributed by atoms with van der Waals surface area (Å²) >= 11 is 3.29. The van der Waals surface area contributed by atoms with Gasteiger partial charge in [0.2, 0.25) is 5.91 Å². The second kappa shape index (κ2) is 6.92. The third-order valence-corrected chi connectivity index (χ3v) is 4.14. The molecule has 122 valence electrons. The van der Waals surface area contributed by atoms with Crippen molar-refractivity contribution >= 4 is 39.5 Å². The molecule has 0 saturated heterocycles.